The standard InChI is InChI=1S/C19H33N3O4/c1-14(2)12-16(23)21-13-15-7-10-22(11-8-15)17(24)6-9-20-18(25)26-19(3,4)5/h12,15H,6-11,13H2,1-5H3,(H,20,25)(H,21,23). The van der Waals surface area contributed by atoms with Gasteiger partial charge in [0.15, 0.2) is 0 Å². The number of amides is 3. The monoisotopic (exact) mass is 367 g/mol. The first-order valence-electron chi connectivity index (χ1n) is 9.24. The molecular formula is C19H33N3O4. The van der Waals surface area contributed by atoms with E-state index < -0.39 is 11.7 Å². The van der Waals surface area contributed by atoms with Gasteiger partial charge >= 0.3 is 6.09 Å². The molecule has 1 aliphatic heterocycles. The molecule has 0 aliphatic carbocycles. The second kappa shape index (κ2) is 10.2. The molecule has 0 atom stereocenters. The van der Waals surface area contributed by atoms with Crippen LogP contribution < -0.4 is 10.6 Å². The molecule has 0 radical (unpaired) electrons. The van der Waals surface area contributed by atoms with E-state index in [9.17, 15) is 14.4 Å². The third kappa shape index (κ3) is 9.44. The lowest BCUT2D eigenvalue weighted by Crippen LogP contribution is -2.42. The van der Waals surface area contributed by atoms with Crippen LogP contribution in [-0.4, -0.2) is 54.6 Å². The molecule has 1 saturated heterocycles. The van der Waals surface area contributed by atoms with Crippen LogP contribution in [0.2, 0.25) is 0 Å². The number of ether oxygens (including phenoxy) is 1. The van der Waals surface area contributed by atoms with Gasteiger partial charge < -0.3 is 20.3 Å². The predicted octanol–water partition coefficient (Wildman–Crippen LogP) is 2.22. The Morgan fingerprint density at radius 1 is 1.12 bits per heavy atom. The van der Waals surface area contributed by atoms with Crippen molar-refractivity contribution in [3.8, 4) is 0 Å². The average molecular weight is 367 g/mol. The van der Waals surface area contributed by atoms with Crippen LogP contribution in [0.15, 0.2) is 11.6 Å². The minimum absolute atomic E-state index is 0.0353. The predicted molar refractivity (Wildman–Crippen MR) is 101 cm³/mol. The van der Waals surface area contributed by atoms with Crippen LogP contribution in [0.4, 0.5) is 4.79 Å². The molecule has 0 bridgehead atoms. The first kappa shape index (κ1) is 22.0. The van der Waals surface area contributed by atoms with Crippen LogP contribution in [0, 0.1) is 5.92 Å². The SMILES string of the molecule is CC(C)=CC(=O)NCC1CCN(C(=O)CCNC(=O)OC(C)(C)C)CC1. The smallest absolute Gasteiger partial charge is 0.407 e. The molecule has 3 amide bonds. The molecular weight excluding hydrogens is 334 g/mol. The van der Waals surface area contributed by atoms with E-state index >= 15 is 0 Å². The summed E-state index contributed by atoms with van der Waals surface area (Å²) >= 11 is 0. The van der Waals surface area contributed by atoms with Gasteiger partial charge in [0.2, 0.25) is 11.8 Å². The summed E-state index contributed by atoms with van der Waals surface area (Å²) in [6.45, 7) is 11.5. The fourth-order valence-electron chi connectivity index (χ4n) is 2.69. The number of rotatable bonds is 6. The lowest BCUT2D eigenvalue weighted by Gasteiger charge is -2.32. The number of alkyl carbamates (subject to hydrolysis) is 1. The average Bonchev–Trinajstić information content (AvgIpc) is 2.51. The summed E-state index contributed by atoms with van der Waals surface area (Å²) in [5.41, 5.74) is 0.430. The lowest BCUT2D eigenvalue weighted by molar-refractivity contribution is -0.132. The highest BCUT2D eigenvalue weighted by molar-refractivity contribution is 5.88. The van der Waals surface area contributed by atoms with Gasteiger partial charge in [-0.2, -0.15) is 0 Å². The minimum atomic E-state index is -0.545. The van der Waals surface area contributed by atoms with Crippen molar-refractivity contribution in [3.05, 3.63) is 11.6 Å². The van der Waals surface area contributed by atoms with Gasteiger partial charge in [0.1, 0.15) is 5.60 Å². The summed E-state index contributed by atoms with van der Waals surface area (Å²) in [5.74, 6) is 0.373. The number of nitrogens with one attached hydrogen (secondary N) is 2. The van der Waals surface area contributed by atoms with Crippen molar-refractivity contribution in [1.29, 1.82) is 0 Å². The van der Waals surface area contributed by atoms with Gasteiger partial charge in [0.25, 0.3) is 0 Å². The van der Waals surface area contributed by atoms with E-state index in [1.165, 1.54) is 0 Å². The van der Waals surface area contributed by atoms with Crippen LogP contribution in [-0.2, 0) is 14.3 Å². The maximum Gasteiger partial charge on any atom is 0.407 e. The zero-order chi connectivity index (χ0) is 19.7. The highest BCUT2D eigenvalue weighted by Gasteiger charge is 2.23. The van der Waals surface area contributed by atoms with Crippen molar-refractivity contribution in [2.24, 2.45) is 5.92 Å². The Hall–Kier alpha value is -2.05. The van der Waals surface area contributed by atoms with Crippen molar-refractivity contribution < 1.29 is 19.1 Å². The number of hydrogen-bond acceptors (Lipinski definition) is 4. The number of likely N-dealkylation sites (tertiary alicyclic amines) is 1. The normalized spacial score (nSPS) is 15.2. The van der Waals surface area contributed by atoms with Gasteiger partial charge in [0.05, 0.1) is 0 Å². The van der Waals surface area contributed by atoms with Crippen LogP contribution in [0.1, 0.15) is 53.9 Å². The van der Waals surface area contributed by atoms with Crippen molar-refractivity contribution in [3.63, 3.8) is 0 Å². The number of carbonyl (C=O) groups excluding carboxylic acids is 3. The van der Waals surface area contributed by atoms with Crippen molar-refractivity contribution >= 4 is 17.9 Å². The summed E-state index contributed by atoms with van der Waals surface area (Å²) in [6.07, 6.45) is 3.11. The Morgan fingerprint density at radius 2 is 1.73 bits per heavy atom. The van der Waals surface area contributed by atoms with Crippen molar-refractivity contribution in [2.45, 2.75) is 59.5 Å². The Morgan fingerprint density at radius 3 is 2.27 bits per heavy atom. The van der Waals surface area contributed by atoms with Crippen LogP contribution in [0.5, 0.6) is 0 Å². The molecule has 7 nitrogen and oxygen atoms in total. The molecule has 26 heavy (non-hydrogen) atoms. The van der Waals surface area contributed by atoms with E-state index in [1.54, 1.807) is 26.8 Å². The topological polar surface area (TPSA) is 87.7 Å². The summed E-state index contributed by atoms with van der Waals surface area (Å²) in [4.78, 5) is 37.2. The number of carbonyl (C=O) groups is 3. The summed E-state index contributed by atoms with van der Waals surface area (Å²) < 4.78 is 5.14. The van der Waals surface area contributed by atoms with Crippen molar-refractivity contribution in [1.82, 2.24) is 15.5 Å². The third-order valence-electron chi connectivity index (χ3n) is 3.96. The molecule has 7 heteroatoms. The van der Waals surface area contributed by atoms with E-state index in [0.717, 1.165) is 18.4 Å². The molecule has 0 aromatic heterocycles. The van der Waals surface area contributed by atoms with E-state index in [2.05, 4.69) is 10.6 Å². The molecule has 0 aromatic rings. The minimum Gasteiger partial charge on any atom is -0.444 e. The maximum absolute atomic E-state index is 12.2. The van der Waals surface area contributed by atoms with Gasteiger partial charge in [-0.25, -0.2) is 4.79 Å². The maximum atomic E-state index is 12.2. The van der Waals surface area contributed by atoms with Crippen molar-refractivity contribution in [2.75, 3.05) is 26.2 Å². The van der Waals surface area contributed by atoms with E-state index in [4.69, 9.17) is 4.74 Å². The second-order valence-electron chi connectivity index (χ2n) is 7.97. The highest BCUT2D eigenvalue weighted by atomic mass is 16.6. The van der Waals surface area contributed by atoms with Crippen LogP contribution in [0.3, 0.4) is 0 Å². The summed E-state index contributed by atoms with van der Waals surface area (Å²) in [7, 11) is 0. The summed E-state index contributed by atoms with van der Waals surface area (Å²) in [5, 5.41) is 5.52. The first-order valence-corrected chi connectivity index (χ1v) is 9.24. The Bertz CT molecular complexity index is 525. The van der Waals surface area contributed by atoms with Gasteiger partial charge in [-0.3, -0.25) is 9.59 Å². The number of allylic oxidation sites excluding steroid dienone is 1. The fraction of sp³-hybridized carbons (Fsp3) is 0.737. The van der Waals surface area contributed by atoms with E-state index in [0.29, 0.717) is 25.6 Å². The number of hydrogen-bond donors (Lipinski definition) is 2. The Balaban J connectivity index is 2.22. The number of nitrogens with zero attached hydrogens (tertiary/aromatic N) is 1. The molecule has 0 aromatic carbocycles. The summed E-state index contributed by atoms with van der Waals surface area (Å²) in [6, 6.07) is 0. The third-order valence-corrected chi connectivity index (χ3v) is 3.96. The lowest BCUT2D eigenvalue weighted by atomic mass is 9.96. The molecule has 1 fully saturated rings. The quantitative estimate of drug-likeness (QED) is 0.705. The zero-order valence-electron chi connectivity index (χ0n) is 16.7. The van der Waals surface area contributed by atoms with Gasteiger partial charge in [-0.15, -0.1) is 0 Å². The second-order valence-corrected chi connectivity index (χ2v) is 7.97. The van der Waals surface area contributed by atoms with E-state index in [-0.39, 0.29) is 24.8 Å². The largest absolute Gasteiger partial charge is 0.444 e. The van der Waals surface area contributed by atoms with E-state index in [1.807, 2.05) is 18.7 Å². The molecule has 0 saturated carbocycles. The van der Waals surface area contributed by atoms with Gasteiger partial charge in [-0.05, 0) is 53.4 Å². The van der Waals surface area contributed by atoms with Gasteiger partial charge in [-0.1, -0.05) is 5.57 Å². The number of piperidine rings is 1. The van der Waals surface area contributed by atoms with Crippen LogP contribution in [0.25, 0.3) is 0 Å². The molecule has 2 N–H and O–H groups in total. The highest BCUT2D eigenvalue weighted by Crippen LogP contribution is 2.17. The van der Waals surface area contributed by atoms with Crippen LogP contribution >= 0.6 is 0 Å². The molecule has 1 heterocycles. The Kier molecular flexibility index (Phi) is 8.61. The molecule has 0 spiro atoms. The zero-order valence-corrected chi connectivity index (χ0v) is 16.7. The first-order chi connectivity index (χ1) is 12.1. The van der Waals surface area contributed by atoms with Gasteiger partial charge in [0, 0.05) is 38.7 Å². The fourth-order valence-corrected chi connectivity index (χ4v) is 2.69. The molecule has 0 unspecified atom stereocenters. The molecule has 1 aliphatic rings. The molecule has 1 rings (SSSR count). The molecule has 148 valence electrons. The Labute approximate surface area is 156 Å².